The van der Waals surface area contributed by atoms with Gasteiger partial charge < -0.3 is 19.7 Å². The minimum atomic E-state index is -3.62. The van der Waals surface area contributed by atoms with E-state index in [1.54, 1.807) is 12.1 Å². The Balaban J connectivity index is 1.28. The molecule has 1 aromatic carbocycles. The third kappa shape index (κ3) is 4.99. The van der Waals surface area contributed by atoms with Gasteiger partial charge in [0, 0.05) is 44.2 Å². The summed E-state index contributed by atoms with van der Waals surface area (Å²) in [5, 5.41) is 3.11. The van der Waals surface area contributed by atoms with Crippen LogP contribution < -0.4 is 14.8 Å². The summed E-state index contributed by atoms with van der Waals surface area (Å²) in [6, 6.07) is 5.28. The number of benzene rings is 1. The second kappa shape index (κ2) is 9.34. The number of amides is 1. The molecule has 172 valence electrons. The number of rotatable bonds is 6. The van der Waals surface area contributed by atoms with Crippen LogP contribution in [0.1, 0.15) is 33.1 Å². The smallest absolute Gasteiger partial charge is 0.243 e. The molecule has 0 radical (unpaired) electrons. The lowest BCUT2D eigenvalue weighted by molar-refractivity contribution is -0.126. The van der Waals surface area contributed by atoms with E-state index in [1.807, 2.05) is 0 Å². The van der Waals surface area contributed by atoms with Gasteiger partial charge in [-0.25, -0.2) is 8.42 Å². The number of carbonyl (C=O) groups is 1. The highest BCUT2D eigenvalue weighted by Crippen LogP contribution is 2.34. The molecular formula is C22H33N3O5S. The van der Waals surface area contributed by atoms with Gasteiger partial charge in [-0.1, -0.05) is 0 Å². The lowest BCUT2D eigenvalue weighted by Crippen LogP contribution is -2.44. The maximum Gasteiger partial charge on any atom is 0.243 e. The van der Waals surface area contributed by atoms with Crippen molar-refractivity contribution in [2.24, 2.45) is 11.8 Å². The van der Waals surface area contributed by atoms with Crippen LogP contribution in [0, 0.1) is 11.8 Å². The Morgan fingerprint density at radius 2 is 1.81 bits per heavy atom. The van der Waals surface area contributed by atoms with Crippen molar-refractivity contribution in [3.8, 4) is 11.5 Å². The van der Waals surface area contributed by atoms with Crippen molar-refractivity contribution < 1.29 is 22.7 Å². The Kier molecular flexibility index (Phi) is 6.74. The summed E-state index contributed by atoms with van der Waals surface area (Å²) in [5.41, 5.74) is 0. The Morgan fingerprint density at radius 3 is 2.48 bits per heavy atom. The molecule has 3 aliphatic heterocycles. The monoisotopic (exact) mass is 451 g/mol. The number of nitrogens with zero attached hydrogens (tertiary/aromatic N) is 2. The lowest BCUT2D eigenvalue weighted by atomic mass is 9.97. The van der Waals surface area contributed by atoms with Crippen molar-refractivity contribution in [1.29, 1.82) is 0 Å². The maximum atomic E-state index is 13.1. The van der Waals surface area contributed by atoms with E-state index in [9.17, 15) is 13.2 Å². The first-order valence-electron chi connectivity index (χ1n) is 11.3. The highest BCUT2D eigenvalue weighted by molar-refractivity contribution is 7.89. The molecule has 1 N–H and O–H groups in total. The van der Waals surface area contributed by atoms with Crippen molar-refractivity contribution in [3.05, 3.63) is 18.2 Å². The molecule has 0 aromatic heterocycles. The van der Waals surface area contributed by atoms with Crippen molar-refractivity contribution in [2.75, 3.05) is 45.9 Å². The summed E-state index contributed by atoms with van der Waals surface area (Å²) in [6.45, 7) is 8.80. The van der Waals surface area contributed by atoms with Gasteiger partial charge in [0.1, 0.15) is 13.2 Å². The maximum absolute atomic E-state index is 13.1. The number of hydrogen-bond donors (Lipinski definition) is 1. The second-order valence-electron chi connectivity index (χ2n) is 8.97. The molecule has 1 unspecified atom stereocenters. The topological polar surface area (TPSA) is 88.2 Å². The highest BCUT2D eigenvalue weighted by atomic mass is 32.2. The van der Waals surface area contributed by atoms with Crippen LogP contribution in [0.4, 0.5) is 0 Å². The summed E-state index contributed by atoms with van der Waals surface area (Å²) in [4.78, 5) is 15.3. The fourth-order valence-corrected chi connectivity index (χ4v) is 6.06. The summed E-state index contributed by atoms with van der Waals surface area (Å²) in [7, 11) is -3.62. The van der Waals surface area contributed by atoms with Crippen LogP contribution in [0.2, 0.25) is 0 Å². The molecule has 3 aliphatic rings. The van der Waals surface area contributed by atoms with Gasteiger partial charge in [-0.15, -0.1) is 0 Å². The van der Waals surface area contributed by atoms with Crippen molar-refractivity contribution in [1.82, 2.24) is 14.5 Å². The molecule has 4 rings (SSSR count). The van der Waals surface area contributed by atoms with Crippen LogP contribution in [-0.4, -0.2) is 75.5 Å². The van der Waals surface area contributed by atoms with Crippen molar-refractivity contribution in [3.63, 3.8) is 0 Å². The van der Waals surface area contributed by atoms with Gasteiger partial charge in [0.25, 0.3) is 0 Å². The zero-order chi connectivity index (χ0) is 22.0. The van der Waals surface area contributed by atoms with Gasteiger partial charge in [0.2, 0.25) is 15.9 Å². The molecule has 3 heterocycles. The van der Waals surface area contributed by atoms with Crippen LogP contribution in [0.15, 0.2) is 23.1 Å². The molecule has 0 bridgehead atoms. The van der Waals surface area contributed by atoms with E-state index in [0.717, 1.165) is 19.5 Å². The third-order valence-corrected chi connectivity index (χ3v) is 8.48. The van der Waals surface area contributed by atoms with Crippen LogP contribution in [0.3, 0.4) is 0 Å². The fraction of sp³-hybridized carbons (Fsp3) is 0.682. The molecule has 1 amide bonds. The molecule has 1 atom stereocenters. The van der Waals surface area contributed by atoms with E-state index >= 15 is 0 Å². The Bertz CT molecular complexity index is 896. The van der Waals surface area contributed by atoms with Gasteiger partial charge in [-0.3, -0.25) is 4.79 Å². The molecule has 31 heavy (non-hydrogen) atoms. The molecule has 0 saturated carbocycles. The minimum absolute atomic E-state index is 0.0550. The minimum Gasteiger partial charge on any atom is -0.486 e. The fourth-order valence-electron chi connectivity index (χ4n) is 4.58. The van der Waals surface area contributed by atoms with Crippen molar-refractivity contribution in [2.45, 2.75) is 44.0 Å². The summed E-state index contributed by atoms with van der Waals surface area (Å²) >= 11 is 0. The predicted molar refractivity (Wildman–Crippen MR) is 117 cm³/mol. The third-order valence-electron chi connectivity index (χ3n) is 6.59. The standard InChI is InChI=1S/C22H33N3O5S/c1-16(2)24-8-5-17(15-24)14-23-22(26)18-6-9-25(10-7-18)31(27,28)19-3-4-20-21(13-19)30-12-11-29-20/h3-4,13,16-18H,5-12,14-15H2,1-2H3,(H,23,26). The Labute approximate surface area is 184 Å². The number of sulfonamides is 1. The molecule has 2 saturated heterocycles. The second-order valence-corrected chi connectivity index (χ2v) is 10.9. The van der Waals surface area contributed by atoms with E-state index in [0.29, 0.717) is 69.1 Å². The van der Waals surface area contributed by atoms with E-state index in [4.69, 9.17) is 9.47 Å². The number of carbonyl (C=O) groups excluding carboxylic acids is 1. The van der Waals surface area contributed by atoms with E-state index in [-0.39, 0.29) is 16.7 Å². The molecule has 8 nitrogen and oxygen atoms in total. The molecule has 0 spiro atoms. The van der Waals surface area contributed by atoms with Gasteiger partial charge in [-0.05, 0) is 57.7 Å². The van der Waals surface area contributed by atoms with E-state index < -0.39 is 10.0 Å². The van der Waals surface area contributed by atoms with Gasteiger partial charge in [0.15, 0.2) is 11.5 Å². The van der Waals surface area contributed by atoms with Crippen LogP contribution >= 0.6 is 0 Å². The average Bonchev–Trinajstić information content (AvgIpc) is 3.27. The first-order chi connectivity index (χ1) is 14.8. The molecule has 1 aromatic rings. The summed E-state index contributed by atoms with van der Waals surface area (Å²) in [5.74, 6) is 1.46. The normalized spacial score (nSPS) is 23.3. The van der Waals surface area contributed by atoms with Crippen molar-refractivity contribution >= 4 is 15.9 Å². The van der Waals surface area contributed by atoms with Gasteiger partial charge >= 0.3 is 0 Å². The Morgan fingerprint density at radius 1 is 1.10 bits per heavy atom. The van der Waals surface area contributed by atoms with E-state index in [2.05, 4.69) is 24.1 Å². The Hall–Kier alpha value is -1.84. The number of ether oxygens (including phenoxy) is 2. The first kappa shape index (κ1) is 22.4. The number of piperidine rings is 1. The quantitative estimate of drug-likeness (QED) is 0.708. The SMILES string of the molecule is CC(C)N1CCC(CNC(=O)C2CCN(S(=O)(=O)c3ccc4c(c3)OCCO4)CC2)C1. The van der Waals surface area contributed by atoms with Crippen LogP contribution in [0.5, 0.6) is 11.5 Å². The number of fused-ring (bicyclic) bond motifs is 1. The van der Waals surface area contributed by atoms with Gasteiger partial charge in [0.05, 0.1) is 4.90 Å². The highest BCUT2D eigenvalue weighted by Gasteiger charge is 2.33. The zero-order valence-electron chi connectivity index (χ0n) is 18.4. The zero-order valence-corrected chi connectivity index (χ0v) is 19.2. The number of likely N-dealkylation sites (tertiary alicyclic amines) is 1. The molecular weight excluding hydrogens is 418 g/mol. The molecule has 2 fully saturated rings. The van der Waals surface area contributed by atoms with Gasteiger partial charge in [-0.2, -0.15) is 4.31 Å². The van der Waals surface area contributed by atoms with Crippen LogP contribution in [-0.2, 0) is 14.8 Å². The predicted octanol–water partition coefficient (Wildman–Crippen LogP) is 1.70. The lowest BCUT2D eigenvalue weighted by Gasteiger charge is -2.31. The van der Waals surface area contributed by atoms with Crippen LogP contribution in [0.25, 0.3) is 0 Å². The largest absolute Gasteiger partial charge is 0.486 e. The average molecular weight is 452 g/mol. The molecule has 0 aliphatic carbocycles. The first-order valence-corrected chi connectivity index (χ1v) is 12.7. The number of hydrogen-bond acceptors (Lipinski definition) is 6. The summed E-state index contributed by atoms with van der Waals surface area (Å²) < 4.78 is 38.6. The summed E-state index contributed by atoms with van der Waals surface area (Å²) in [6.07, 6.45) is 2.20. The molecule has 9 heteroatoms. The number of nitrogens with one attached hydrogen (secondary N) is 1. The van der Waals surface area contributed by atoms with E-state index in [1.165, 1.54) is 10.4 Å².